The van der Waals surface area contributed by atoms with Gasteiger partial charge in [0.15, 0.2) is 0 Å². The van der Waals surface area contributed by atoms with Gasteiger partial charge in [0.2, 0.25) is 0 Å². The SMILES string of the molecule is O=C(O)COCc1cc(Br)cc2c1OCC2. The second-order valence-corrected chi connectivity index (χ2v) is 4.45. The molecule has 0 unspecified atom stereocenters. The van der Waals surface area contributed by atoms with Crippen molar-refractivity contribution in [2.24, 2.45) is 0 Å². The molecule has 0 fully saturated rings. The highest BCUT2D eigenvalue weighted by Gasteiger charge is 2.17. The number of carbonyl (C=O) groups is 1. The number of hydrogen-bond donors (Lipinski definition) is 1. The van der Waals surface area contributed by atoms with Crippen LogP contribution in [0, 0.1) is 0 Å². The van der Waals surface area contributed by atoms with Crippen molar-refractivity contribution in [2.45, 2.75) is 13.0 Å². The minimum absolute atomic E-state index is 0.258. The first-order chi connectivity index (χ1) is 7.66. The second-order valence-electron chi connectivity index (χ2n) is 3.54. The highest BCUT2D eigenvalue weighted by Crippen LogP contribution is 2.33. The summed E-state index contributed by atoms with van der Waals surface area (Å²) in [6.07, 6.45) is 0.890. The van der Waals surface area contributed by atoms with Gasteiger partial charge in [-0.05, 0) is 17.7 Å². The van der Waals surface area contributed by atoms with Gasteiger partial charge in [-0.15, -0.1) is 0 Å². The summed E-state index contributed by atoms with van der Waals surface area (Å²) in [5, 5.41) is 8.47. The van der Waals surface area contributed by atoms with Crippen LogP contribution in [0.25, 0.3) is 0 Å². The van der Waals surface area contributed by atoms with Gasteiger partial charge in [0.05, 0.1) is 13.2 Å². The largest absolute Gasteiger partial charge is 0.493 e. The third-order valence-electron chi connectivity index (χ3n) is 2.31. The number of aliphatic carboxylic acids is 1. The summed E-state index contributed by atoms with van der Waals surface area (Å²) in [6.45, 7) is 0.646. The van der Waals surface area contributed by atoms with E-state index in [0.717, 1.165) is 27.8 Å². The van der Waals surface area contributed by atoms with Crippen molar-refractivity contribution in [1.82, 2.24) is 0 Å². The zero-order chi connectivity index (χ0) is 11.5. The molecule has 4 nitrogen and oxygen atoms in total. The van der Waals surface area contributed by atoms with Crippen molar-refractivity contribution < 1.29 is 19.4 Å². The van der Waals surface area contributed by atoms with Crippen LogP contribution < -0.4 is 4.74 Å². The quantitative estimate of drug-likeness (QED) is 0.920. The van der Waals surface area contributed by atoms with Crippen molar-refractivity contribution in [3.8, 4) is 5.75 Å². The first-order valence-electron chi connectivity index (χ1n) is 4.90. The molecule has 2 rings (SSSR count). The first-order valence-corrected chi connectivity index (χ1v) is 5.70. The molecular formula is C11H11BrO4. The van der Waals surface area contributed by atoms with Crippen molar-refractivity contribution in [2.75, 3.05) is 13.2 Å². The van der Waals surface area contributed by atoms with Crippen LogP contribution in [-0.4, -0.2) is 24.3 Å². The fourth-order valence-corrected chi connectivity index (χ4v) is 2.25. The molecule has 5 heteroatoms. The summed E-state index contributed by atoms with van der Waals surface area (Å²) >= 11 is 3.41. The molecule has 86 valence electrons. The maximum absolute atomic E-state index is 10.3. The van der Waals surface area contributed by atoms with Crippen molar-refractivity contribution in [3.63, 3.8) is 0 Å². The zero-order valence-electron chi connectivity index (χ0n) is 8.53. The third kappa shape index (κ3) is 2.54. The number of halogens is 1. The molecule has 1 aromatic rings. The maximum Gasteiger partial charge on any atom is 0.329 e. The molecule has 0 saturated carbocycles. The van der Waals surface area contributed by atoms with Gasteiger partial charge in [-0.3, -0.25) is 0 Å². The molecular weight excluding hydrogens is 276 g/mol. The Morgan fingerprint density at radius 3 is 3.12 bits per heavy atom. The standard InChI is InChI=1S/C11H11BrO4/c12-9-3-7-1-2-16-11(7)8(4-9)5-15-6-10(13)14/h3-4H,1-2,5-6H2,(H,13,14). The van der Waals surface area contributed by atoms with Gasteiger partial charge < -0.3 is 14.6 Å². The normalized spacial score (nSPS) is 13.3. The Hall–Kier alpha value is -1.07. The van der Waals surface area contributed by atoms with Gasteiger partial charge in [-0.2, -0.15) is 0 Å². The Morgan fingerprint density at radius 2 is 2.38 bits per heavy atom. The fraction of sp³-hybridized carbons (Fsp3) is 0.364. The van der Waals surface area contributed by atoms with Gasteiger partial charge in [-0.25, -0.2) is 4.79 Å². The Morgan fingerprint density at radius 1 is 1.56 bits per heavy atom. The molecule has 0 aromatic heterocycles. The summed E-state index contributed by atoms with van der Waals surface area (Å²) < 4.78 is 11.5. The number of benzene rings is 1. The van der Waals surface area contributed by atoms with Gasteiger partial charge in [0.25, 0.3) is 0 Å². The minimum Gasteiger partial charge on any atom is -0.493 e. The lowest BCUT2D eigenvalue weighted by Crippen LogP contribution is -2.07. The predicted molar refractivity (Wildman–Crippen MR) is 60.6 cm³/mol. The predicted octanol–water partition coefficient (Wildman–Crippen LogP) is 1.99. The Balaban J connectivity index is 2.11. The Labute approximate surface area is 101 Å². The Bertz CT molecular complexity index is 417. The number of carboxylic acid groups (broad SMARTS) is 1. The first kappa shape index (κ1) is 11.4. The van der Waals surface area contributed by atoms with E-state index < -0.39 is 5.97 Å². The zero-order valence-corrected chi connectivity index (χ0v) is 10.1. The van der Waals surface area contributed by atoms with E-state index in [-0.39, 0.29) is 13.2 Å². The molecule has 0 radical (unpaired) electrons. The molecule has 0 amide bonds. The Kier molecular flexibility index (Phi) is 3.46. The lowest BCUT2D eigenvalue weighted by Gasteiger charge is -2.08. The summed E-state index contributed by atoms with van der Waals surface area (Å²) in [4.78, 5) is 10.3. The molecule has 1 aliphatic rings. The van der Waals surface area contributed by atoms with Gasteiger partial charge in [0, 0.05) is 16.5 Å². The van der Waals surface area contributed by atoms with E-state index in [2.05, 4.69) is 15.9 Å². The van der Waals surface area contributed by atoms with E-state index in [9.17, 15) is 4.79 Å². The molecule has 0 bridgehead atoms. The van der Waals surface area contributed by atoms with Crippen LogP contribution in [-0.2, 0) is 22.6 Å². The summed E-state index contributed by atoms with van der Waals surface area (Å²) in [5.74, 6) is -0.124. The number of carboxylic acids is 1. The lowest BCUT2D eigenvalue weighted by atomic mass is 10.1. The molecule has 1 heterocycles. The maximum atomic E-state index is 10.3. The molecule has 0 atom stereocenters. The molecule has 1 aromatic carbocycles. The average molecular weight is 287 g/mol. The van der Waals surface area contributed by atoms with Crippen LogP contribution in [0.1, 0.15) is 11.1 Å². The third-order valence-corrected chi connectivity index (χ3v) is 2.77. The summed E-state index contributed by atoms with van der Waals surface area (Å²) in [5.41, 5.74) is 2.03. The number of ether oxygens (including phenoxy) is 2. The van der Waals surface area contributed by atoms with Crippen LogP contribution in [0.15, 0.2) is 16.6 Å². The molecule has 16 heavy (non-hydrogen) atoms. The topological polar surface area (TPSA) is 55.8 Å². The van der Waals surface area contributed by atoms with E-state index in [4.69, 9.17) is 14.6 Å². The fourth-order valence-electron chi connectivity index (χ4n) is 1.70. The van der Waals surface area contributed by atoms with E-state index >= 15 is 0 Å². The summed E-state index contributed by atoms with van der Waals surface area (Å²) in [6, 6.07) is 3.91. The van der Waals surface area contributed by atoms with E-state index in [0.29, 0.717) is 6.61 Å². The molecule has 1 N–H and O–H groups in total. The van der Waals surface area contributed by atoms with Crippen LogP contribution >= 0.6 is 15.9 Å². The average Bonchev–Trinajstić information content (AvgIpc) is 2.64. The van der Waals surface area contributed by atoms with Crippen molar-refractivity contribution in [1.29, 1.82) is 0 Å². The van der Waals surface area contributed by atoms with Crippen LogP contribution in [0.3, 0.4) is 0 Å². The molecule has 0 spiro atoms. The minimum atomic E-state index is -0.965. The molecule has 0 aliphatic carbocycles. The van der Waals surface area contributed by atoms with E-state index in [1.54, 1.807) is 0 Å². The number of fused-ring (bicyclic) bond motifs is 1. The highest BCUT2D eigenvalue weighted by molar-refractivity contribution is 9.10. The number of rotatable bonds is 4. The highest BCUT2D eigenvalue weighted by atomic mass is 79.9. The van der Waals surface area contributed by atoms with Crippen LogP contribution in [0.4, 0.5) is 0 Å². The number of hydrogen-bond acceptors (Lipinski definition) is 3. The van der Waals surface area contributed by atoms with Crippen molar-refractivity contribution >= 4 is 21.9 Å². The molecule has 1 aliphatic heterocycles. The van der Waals surface area contributed by atoms with Crippen LogP contribution in [0.5, 0.6) is 5.75 Å². The van der Waals surface area contributed by atoms with Gasteiger partial charge in [-0.1, -0.05) is 15.9 Å². The van der Waals surface area contributed by atoms with Gasteiger partial charge in [0.1, 0.15) is 12.4 Å². The van der Waals surface area contributed by atoms with Crippen molar-refractivity contribution in [3.05, 3.63) is 27.7 Å². The second kappa shape index (κ2) is 4.84. The smallest absolute Gasteiger partial charge is 0.329 e. The van der Waals surface area contributed by atoms with Gasteiger partial charge >= 0.3 is 5.97 Å². The monoisotopic (exact) mass is 286 g/mol. The van der Waals surface area contributed by atoms with Crippen LogP contribution in [0.2, 0.25) is 0 Å². The van der Waals surface area contributed by atoms with E-state index in [1.165, 1.54) is 0 Å². The summed E-state index contributed by atoms with van der Waals surface area (Å²) in [7, 11) is 0. The molecule has 0 saturated heterocycles. The van der Waals surface area contributed by atoms with E-state index in [1.807, 2.05) is 12.1 Å². The lowest BCUT2D eigenvalue weighted by molar-refractivity contribution is -0.142.